The Morgan fingerprint density at radius 2 is 2.32 bits per heavy atom. The minimum absolute atomic E-state index is 0.189. The molecular weight excluding hydrogens is 248 g/mol. The van der Waals surface area contributed by atoms with E-state index in [0.29, 0.717) is 12.4 Å². The van der Waals surface area contributed by atoms with E-state index >= 15 is 0 Å². The van der Waals surface area contributed by atoms with Crippen LogP contribution in [0, 0.1) is 16.0 Å². The second-order valence-electron chi connectivity index (χ2n) is 4.58. The molecule has 2 N–H and O–H groups in total. The molecule has 0 saturated heterocycles. The van der Waals surface area contributed by atoms with Gasteiger partial charge in [0.05, 0.1) is 10.5 Å². The maximum Gasteiger partial charge on any atom is 0.288 e. The van der Waals surface area contributed by atoms with Crippen LogP contribution in [0.25, 0.3) is 0 Å². The molecular formula is C12H16N4O3. The fourth-order valence-corrected chi connectivity index (χ4v) is 1.82. The minimum Gasteiger partial charge on any atom is -0.372 e. The highest BCUT2D eigenvalue weighted by Gasteiger charge is 2.22. The quantitative estimate of drug-likeness (QED) is 0.600. The highest BCUT2D eigenvalue weighted by molar-refractivity contribution is 5.99. The maximum absolute atomic E-state index is 12.0. The zero-order valence-corrected chi connectivity index (χ0v) is 10.7. The van der Waals surface area contributed by atoms with Crippen LogP contribution < -0.4 is 10.6 Å². The van der Waals surface area contributed by atoms with Gasteiger partial charge in [0, 0.05) is 19.7 Å². The van der Waals surface area contributed by atoms with Gasteiger partial charge in [-0.25, -0.2) is 4.98 Å². The second-order valence-corrected chi connectivity index (χ2v) is 4.58. The summed E-state index contributed by atoms with van der Waals surface area (Å²) >= 11 is 0. The molecule has 0 aromatic carbocycles. The Morgan fingerprint density at radius 3 is 2.89 bits per heavy atom. The largest absolute Gasteiger partial charge is 0.372 e. The first kappa shape index (κ1) is 13.3. The van der Waals surface area contributed by atoms with Crippen LogP contribution in [0.1, 0.15) is 29.6 Å². The van der Waals surface area contributed by atoms with Crippen molar-refractivity contribution in [3.05, 3.63) is 27.9 Å². The normalized spacial score (nSPS) is 13.9. The van der Waals surface area contributed by atoms with Gasteiger partial charge in [0.25, 0.3) is 11.6 Å². The number of rotatable bonds is 6. The molecule has 1 aromatic rings. The molecule has 0 bridgehead atoms. The fraction of sp³-hybridized carbons (Fsp3) is 0.500. The van der Waals surface area contributed by atoms with E-state index in [1.807, 2.05) is 0 Å². The van der Waals surface area contributed by atoms with Gasteiger partial charge in [-0.05, 0) is 12.3 Å². The molecule has 0 spiro atoms. The smallest absolute Gasteiger partial charge is 0.288 e. The van der Waals surface area contributed by atoms with Crippen molar-refractivity contribution < 1.29 is 9.72 Å². The van der Waals surface area contributed by atoms with Crippen molar-refractivity contribution in [3.63, 3.8) is 0 Å². The van der Waals surface area contributed by atoms with Crippen molar-refractivity contribution >= 4 is 17.4 Å². The molecule has 7 heteroatoms. The first-order valence-corrected chi connectivity index (χ1v) is 6.22. The van der Waals surface area contributed by atoms with E-state index < -0.39 is 4.92 Å². The fourth-order valence-electron chi connectivity index (χ4n) is 1.82. The Kier molecular flexibility index (Phi) is 3.94. The molecule has 1 amide bonds. The molecule has 7 nitrogen and oxygen atoms in total. The predicted molar refractivity (Wildman–Crippen MR) is 70.1 cm³/mol. The van der Waals surface area contributed by atoms with Crippen LogP contribution in [-0.2, 0) is 0 Å². The minimum atomic E-state index is -0.562. The molecule has 2 rings (SSSR count). The third kappa shape index (κ3) is 3.40. The van der Waals surface area contributed by atoms with Crippen LogP contribution in [0.15, 0.2) is 12.3 Å². The number of aromatic nitrogens is 1. The van der Waals surface area contributed by atoms with Gasteiger partial charge in [-0.15, -0.1) is 0 Å². The van der Waals surface area contributed by atoms with Gasteiger partial charge in [-0.3, -0.25) is 14.9 Å². The Morgan fingerprint density at radius 1 is 1.58 bits per heavy atom. The molecule has 0 aliphatic heterocycles. The van der Waals surface area contributed by atoms with Crippen LogP contribution in [-0.4, -0.2) is 29.4 Å². The molecule has 0 atom stereocenters. The van der Waals surface area contributed by atoms with Crippen molar-refractivity contribution in [2.45, 2.75) is 19.3 Å². The molecule has 0 unspecified atom stereocenters. The topological polar surface area (TPSA) is 97.2 Å². The van der Waals surface area contributed by atoms with Crippen molar-refractivity contribution in [3.8, 4) is 0 Å². The molecule has 19 heavy (non-hydrogen) atoms. The summed E-state index contributed by atoms with van der Waals surface area (Å²) in [4.78, 5) is 26.0. The van der Waals surface area contributed by atoms with E-state index in [9.17, 15) is 14.9 Å². The molecule has 102 valence electrons. The zero-order valence-electron chi connectivity index (χ0n) is 10.7. The molecule has 1 saturated carbocycles. The number of nitrogens with one attached hydrogen (secondary N) is 2. The van der Waals surface area contributed by atoms with Crippen molar-refractivity contribution in [2.24, 2.45) is 5.92 Å². The monoisotopic (exact) mass is 264 g/mol. The lowest BCUT2D eigenvalue weighted by Crippen LogP contribution is -2.26. The number of pyridine rings is 1. The van der Waals surface area contributed by atoms with E-state index in [0.717, 1.165) is 18.5 Å². The van der Waals surface area contributed by atoms with Gasteiger partial charge in [0.15, 0.2) is 0 Å². The third-order valence-corrected chi connectivity index (χ3v) is 3.10. The molecule has 0 radical (unpaired) electrons. The predicted octanol–water partition coefficient (Wildman–Crippen LogP) is 1.56. The lowest BCUT2D eigenvalue weighted by atomic mass is 10.2. The van der Waals surface area contributed by atoms with E-state index in [4.69, 9.17) is 0 Å². The first-order chi connectivity index (χ1) is 9.11. The second kappa shape index (κ2) is 5.64. The van der Waals surface area contributed by atoms with E-state index in [1.165, 1.54) is 18.9 Å². The van der Waals surface area contributed by atoms with E-state index in [1.54, 1.807) is 7.05 Å². The van der Waals surface area contributed by atoms with Crippen LogP contribution >= 0.6 is 0 Å². The lowest BCUT2D eigenvalue weighted by Gasteiger charge is -2.08. The number of nitrogens with zero attached hydrogens (tertiary/aromatic N) is 2. The molecule has 1 heterocycles. The van der Waals surface area contributed by atoms with Crippen molar-refractivity contribution in [2.75, 3.05) is 18.9 Å². The summed E-state index contributed by atoms with van der Waals surface area (Å²) in [6.45, 7) is 0.593. The van der Waals surface area contributed by atoms with Crippen molar-refractivity contribution in [1.82, 2.24) is 10.3 Å². The SMILES string of the molecule is CNc1ncc([N+](=O)[O-])cc1C(=O)NCCC1CC1. The van der Waals surface area contributed by atoms with Crippen molar-refractivity contribution in [1.29, 1.82) is 0 Å². The Balaban J connectivity index is 2.08. The molecule has 1 aromatic heterocycles. The number of hydrogen-bond acceptors (Lipinski definition) is 5. The average molecular weight is 264 g/mol. The van der Waals surface area contributed by atoms with Gasteiger partial charge in [-0.2, -0.15) is 0 Å². The summed E-state index contributed by atoms with van der Waals surface area (Å²) in [6, 6.07) is 1.24. The summed E-state index contributed by atoms with van der Waals surface area (Å²) in [6.07, 6.45) is 4.56. The van der Waals surface area contributed by atoms with Gasteiger partial charge in [0.1, 0.15) is 12.0 Å². The number of carbonyl (C=O) groups excluding carboxylic acids is 1. The van der Waals surface area contributed by atoms with Crippen LogP contribution in [0.4, 0.5) is 11.5 Å². The highest BCUT2D eigenvalue weighted by Crippen LogP contribution is 2.31. The maximum atomic E-state index is 12.0. The van der Waals surface area contributed by atoms with Crippen LogP contribution in [0.5, 0.6) is 0 Å². The Bertz CT molecular complexity index is 500. The summed E-state index contributed by atoms with van der Waals surface area (Å²) in [5, 5.41) is 16.2. The van der Waals surface area contributed by atoms with Gasteiger partial charge in [0.2, 0.25) is 0 Å². The highest BCUT2D eigenvalue weighted by atomic mass is 16.6. The number of nitro groups is 1. The van der Waals surface area contributed by atoms with Gasteiger partial charge >= 0.3 is 0 Å². The van der Waals surface area contributed by atoms with Gasteiger partial charge in [-0.1, -0.05) is 12.8 Å². The molecule has 1 aliphatic rings. The van der Waals surface area contributed by atoms with Crippen LogP contribution in [0.3, 0.4) is 0 Å². The third-order valence-electron chi connectivity index (χ3n) is 3.10. The number of amides is 1. The summed E-state index contributed by atoms with van der Waals surface area (Å²) < 4.78 is 0. The number of carbonyl (C=O) groups is 1. The standard InChI is InChI=1S/C12H16N4O3/c1-13-11-10(6-9(7-15-11)16(18)19)12(17)14-5-4-8-2-3-8/h6-8H,2-5H2,1H3,(H,13,15)(H,14,17). The molecule has 1 aliphatic carbocycles. The Labute approximate surface area is 110 Å². The van der Waals surface area contributed by atoms with E-state index in [2.05, 4.69) is 15.6 Å². The summed E-state index contributed by atoms with van der Waals surface area (Å²) in [5.41, 5.74) is 0.0128. The summed E-state index contributed by atoms with van der Waals surface area (Å²) in [7, 11) is 1.62. The number of anilines is 1. The van der Waals surface area contributed by atoms with Gasteiger partial charge < -0.3 is 10.6 Å². The zero-order chi connectivity index (χ0) is 13.8. The lowest BCUT2D eigenvalue weighted by molar-refractivity contribution is -0.385. The summed E-state index contributed by atoms with van der Waals surface area (Å²) in [5.74, 6) is 0.739. The average Bonchev–Trinajstić information content (AvgIpc) is 3.21. The van der Waals surface area contributed by atoms with Crippen LogP contribution in [0.2, 0.25) is 0 Å². The Hall–Kier alpha value is -2.18. The van der Waals surface area contributed by atoms with E-state index in [-0.39, 0.29) is 17.2 Å². The first-order valence-electron chi connectivity index (χ1n) is 6.22. The molecule has 1 fully saturated rings. The number of hydrogen-bond donors (Lipinski definition) is 2.